The molecule has 1 aliphatic heterocycles. The number of Topliss-reactive ketones (excluding diaryl/α,β-unsaturated/α-hetero) is 1. The Morgan fingerprint density at radius 3 is 2.57 bits per heavy atom. The number of sulfonamides is 1. The van der Waals surface area contributed by atoms with E-state index >= 15 is 0 Å². The van der Waals surface area contributed by atoms with E-state index < -0.39 is 10.0 Å². The molecule has 0 N–H and O–H groups in total. The Morgan fingerprint density at radius 1 is 1.33 bits per heavy atom. The molecule has 1 atom stereocenters. The Kier molecular flexibility index (Phi) is 5.00. The summed E-state index contributed by atoms with van der Waals surface area (Å²) in [6, 6.07) is 7.02. The average molecular weight is 311 g/mol. The van der Waals surface area contributed by atoms with Gasteiger partial charge >= 0.3 is 0 Å². The predicted molar refractivity (Wildman–Crippen MR) is 81.1 cm³/mol. The number of piperidine rings is 1. The van der Waals surface area contributed by atoms with Crippen LogP contribution in [0.15, 0.2) is 24.3 Å². The number of hydrogen-bond acceptors (Lipinski definition) is 4. The molecule has 0 amide bonds. The molecule has 1 saturated heterocycles. The highest BCUT2D eigenvalue weighted by Gasteiger charge is 2.26. The summed E-state index contributed by atoms with van der Waals surface area (Å²) in [5, 5.41) is 0. The Hall–Kier alpha value is -1.40. The van der Waals surface area contributed by atoms with Gasteiger partial charge in [0.05, 0.1) is 12.9 Å². The van der Waals surface area contributed by atoms with E-state index in [1.54, 1.807) is 24.3 Å². The first-order valence-corrected chi connectivity index (χ1v) is 8.90. The molecule has 0 aromatic heterocycles. The lowest BCUT2D eigenvalue weighted by Gasteiger charge is -2.30. The van der Waals surface area contributed by atoms with E-state index in [4.69, 9.17) is 4.74 Å². The first-order valence-electron chi connectivity index (χ1n) is 7.05. The molecule has 1 fully saturated rings. The molecule has 0 radical (unpaired) electrons. The summed E-state index contributed by atoms with van der Waals surface area (Å²) in [5.41, 5.74) is 0.656. The van der Waals surface area contributed by atoms with E-state index in [2.05, 4.69) is 0 Å². The second-order valence-electron chi connectivity index (χ2n) is 5.52. The number of rotatable bonds is 5. The van der Waals surface area contributed by atoms with Crippen molar-refractivity contribution < 1.29 is 17.9 Å². The van der Waals surface area contributed by atoms with Gasteiger partial charge in [-0.3, -0.25) is 4.79 Å². The fourth-order valence-electron chi connectivity index (χ4n) is 2.46. The Balaban J connectivity index is 1.89. The van der Waals surface area contributed by atoms with Crippen molar-refractivity contribution in [3.05, 3.63) is 29.8 Å². The number of benzene rings is 1. The highest BCUT2D eigenvalue weighted by Crippen LogP contribution is 2.20. The first kappa shape index (κ1) is 16.0. The van der Waals surface area contributed by atoms with Gasteiger partial charge in [0.1, 0.15) is 5.75 Å². The van der Waals surface area contributed by atoms with Gasteiger partial charge in [0.15, 0.2) is 5.78 Å². The maximum Gasteiger partial charge on any atom is 0.211 e. The zero-order chi connectivity index (χ0) is 15.5. The first-order chi connectivity index (χ1) is 9.86. The second kappa shape index (κ2) is 6.58. The highest BCUT2D eigenvalue weighted by atomic mass is 32.2. The summed E-state index contributed by atoms with van der Waals surface area (Å²) in [5.74, 6) is 0.940. The number of carbonyl (C=O) groups excluding carboxylic acids is 1. The van der Waals surface area contributed by atoms with Crippen molar-refractivity contribution in [2.45, 2.75) is 19.8 Å². The number of ether oxygens (including phenoxy) is 1. The molecular formula is C15H21NO4S. The summed E-state index contributed by atoms with van der Waals surface area (Å²) < 4.78 is 30.3. The molecule has 0 aliphatic carbocycles. The fourth-order valence-corrected chi connectivity index (χ4v) is 3.41. The lowest BCUT2D eigenvalue weighted by atomic mass is 10.0. The third-order valence-electron chi connectivity index (χ3n) is 3.70. The van der Waals surface area contributed by atoms with Crippen LogP contribution >= 0.6 is 0 Å². The largest absolute Gasteiger partial charge is 0.493 e. The van der Waals surface area contributed by atoms with E-state index in [1.165, 1.54) is 17.5 Å². The van der Waals surface area contributed by atoms with Gasteiger partial charge in [-0.15, -0.1) is 0 Å². The van der Waals surface area contributed by atoms with Crippen LogP contribution in [0.4, 0.5) is 0 Å². The minimum atomic E-state index is -3.12. The van der Waals surface area contributed by atoms with Crippen molar-refractivity contribution in [2.75, 3.05) is 26.0 Å². The third-order valence-corrected chi connectivity index (χ3v) is 4.97. The average Bonchev–Trinajstić information content (AvgIpc) is 2.45. The minimum Gasteiger partial charge on any atom is -0.493 e. The van der Waals surface area contributed by atoms with Crippen LogP contribution in [0, 0.1) is 5.92 Å². The van der Waals surface area contributed by atoms with Gasteiger partial charge < -0.3 is 4.74 Å². The van der Waals surface area contributed by atoms with Gasteiger partial charge in [0, 0.05) is 24.6 Å². The maximum atomic E-state index is 11.6. The van der Waals surface area contributed by atoms with Crippen LogP contribution in [-0.2, 0) is 10.0 Å². The van der Waals surface area contributed by atoms with E-state index in [0.717, 1.165) is 12.8 Å². The zero-order valence-electron chi connectivity index (χ0n) is 12.4. The molecule has 6 heteroatoms. The Labute approximate surface area is 126 Å². The number of ketones is 1. The van der Waals surface area contributed by atoms with Crippen LogP contribution in [0.25, 0.3) is 0 Å². The topological polar surface area (TPSA) is 63.7 Å². The van der Waals surface area contributed by atoms with Crippen LogP contribution in [0.1, 0.15) is 30.1 Å². The van der Waals surface area contributed by atoms with E-state index in [0.29, 0.717) is 31.0 Å². The van der Waals surface area contributed by atoms with Gasteiger partial charge in [-0.05, 0) is 44.0 Å². The van der Waals surface area contributed by atoms with Crippen LogP contribution in [0.2, 0.25) is 0 Å². The van der Waals surface area contributed by atoms with Gasteiger partial charge in [0.25, 0.3) is 0 Å². The quantitative estimate of drug-likeness (QED) is 0.780. The van der Waals surface area contributed by atoms with Crippen molar-refractivity contribution in [3.63, 3.8) is 0 Å². The van der Waals surface area contributed by atoms with Crippen molar-refractivity contribution in [2.24, 2.45) is 5.92 Å². The SMILES string of the molecule is CC(=O)c1ccc(OCC2CCCN(S(C)(=O)=O)C2)cc1. The van der Waals surface area contributed by atoms with Crippen molar-refractivity contribution in [1.82, 2.24) is 4.31 Å². The smallest absolute Gasteiger partial charge is 0.211 e. The van der Waals surface area contributed by atoms with Crippen molar-refractivity contribution >= 4 is 15.8 Å². The van der Waals surface area contributed by atoms with Crippen molar-refractivity contribution in [3.8, 4) is 5.75 Å². The lowest BCUT2D eigenvalue weighted by molar-refractivity contribution is 0.101. The van der Waals surface area contributed by atoms with Crippen LogP contribution in [0.5, 0.6) is 5.75 Å². The summed E-state index contributed by atoms with van der Waals surface area (Å²) in [6.45, 7) is 3.14. The van der Waals surface area contributed by atoms with Crippen LogP contribution in [0.3, 0.4) is 0 Å². The van der Waals surface area contributed by atoms with Gasteiger partial charge in [0.2, 0.25) is 10.0 Å². The van der Waals surface area contributed by atoms with E-state index in [-0.39, 0.29) is 11.7 Å². The monoisotopic (exact) mass is 311 g/mol. The molecule has 1 heterocycles. The third kappa shape index (κ3) is 4.54. The number of carbonyl (C=O) groups is 1. The molecule has 1 aliphatic rings. The van der Waals surface area contributed by atoms with Gasteiger partial charge in [-0.1, -0.05) is 0 Å². The highest BCUT2D eigenvalue weighted by molar-refractivity contribution is 7.88. The van der Waals surface area contributed by atoms with Crippen molar-refractivity contribution in [1.29, 1.82) is 0 Å². The molecule has 5 nitrogen and oxygen atoms in total. The maximum absolute atomic E-state index is 11.6. The predicted octanol–water partition coefficient (Wildman–Crippen LogP) is 1.94. The second-order valence-corrected chi connectivity index (χ2v) is 7.50. The summed E-state index contributed by atoms with van der Waals surface area (Å²) in [6.07, 6.45) is 3.08. The van der Waals surface area contributed by atoms with Crippen LogP contribution < -0.4 is 4.74 Å². The van der Waals surface area contributed by atoms with Gasteiger partial charge in [-0.2, -0.15) is 0 Å². The summed E-state index contributed by atoms with van der Waals surface area (Å²) in [7, 11) is -3.12. The molecule has 116 valence electrons. The molecule has 21 heavy (non-hydrogen) atoms. The fraction of sp³-hybridized carbons (Fsp3) is 0.533. The Bertz CT molecular complexity index is 595. The molecule has 2 rings (SSSR count). The molecule has 1 unspecified atom stereocenters. The van der Waals surface area contributed by atoms with Crippen LogP contribution in [-0.4, -0.2) is 44.5 Å². The molecule has 0 bridgehead atoms. The lowest BCUT2D eigenvalue weighted by Crippen LogP contribution is -2.40. The number of hydrogen-bond donors (Lipinski definition) is 0. The molecule has 1 aromatic carbocycles. The summed E-state index contributed by atoms with van der Waals surface area (Å²) >= 11 is 0. The standard InChI is InChI=1S/C15H21NO4S/c1-12(17)14-5-7-15(8-6-14)20-11-13-4-3-9-16(10-13)21(2,18)19/h5-8,13H,3-4,9-11H2,1-2H3. The Morgan fingerprint density at radius 2 is 2.00 bits per heavy atom. The van der Waals surface area contributed by atoms with Gasteiger partial charge in [-0.25, -0.2) is 12.7 Å². The van der Waals surface area contributed by atoms with E-state index in [1.807, 2.05) is 0 Å². The molecular weight excluding hydrogens is 290 g/mol. The minimum absolute atomic E-state index is 0.0256. The normalized spacial score (nSPS) is 20.2. The summed E-state index contributed by atoms with van der Waals surface area (Å²) in [4.78, 5) is 11.2. The molecule has 1 aromatic rings. The molecule has 0 saturated carbocycles. The zero-order valence-corrected chi connectivity index (χ0v) is 13.2. The van der Waals surface area contributed by atoms with E-state index in [9.17, 15) is 13.2 Å². The molecule has 0 spiro atoms. The number of nitrogens with zero attached hydrogens (tertiary/aromatic N) is 1.